The third kappa shape index (κ3) is 6.77. The van der Waals surface area contributed by atoms with Crippen molar-refractivity contribution in [3.8, 4) is 5.69 Å². The molecule has 4 nitrogen and oxygen atoms in total. The van der Waals surface area contributed by atoms with Gasteiger partial charge < -0.3 is 19.2 Å². The molecule has 0 bridgehead atoms. The number of fused-ring (bicyclic) bond motifs is 12. The number of para-hydroxylation sites is 3. The molecule has 348 valence electrons. The van der Waals surface area contributed by atoms with E-state index < -0.39 is 0 Å². The fourth-order valence-electron chi connectivity index (χ4n) is 12.3. The first kappa shape index (κ1) is 43.9. The van der Waals surface area contributed by atoms with E-state index in [1.165, 1.54) is 116 Å². The summed E-state index contributed by atoms with van der Waals surface area (Å²) < 4.78 is 5.31. The molecular weight excluding hydrogens is 849 g/mol. The van der Waals surface area contributed by atoms with Gasteiger partial charge in [-0.1, -0.05) is 180 Å². The predicted octanol–water partition coefficient (Wildman–Crippen LogP) is 17.2. The zero-order valence-corrected chi connectivity index (χ0v) is 42.4. The van der Waals surface area contributed by atoms with Crippen LogP contribution < -0.4 is 10.2 Å². The predicted molar refractivity (Wildman–Crippen MR) is 302 cm³/mol. The van der Waals surface area contributed by atoms with Crippen LogP contribution in [0.3, 0.4) is 0 Å². The molecule has 3 aliphatic rings. The molecule has 0 amide bonds. The zero-order chi connectivity index (χ0) is 48.4. The van der Waals surface area contributed by atoms with Crippen molar-refractivity contribution in [1.82, 2.24) is 8.97 Å². The number of nitrogens with one attached hydrogen (secondary N) is 1. The minimum Gasteiger partial charge on any atom is -0.361 e. The molecule has 9 aromatic rings. The summed E-state index contributed by atoms with van der Waals surface area (Å²) in [6.45, 7) is 23.0. The van der Waals surface area contributed by atoms with E-state index in [-0.39, 0.29) is 28.8 Å². The fourth-order valence-corrected chi connectivity index (χ4v) is 12.3. The number of hydrogen-bond donors (Lipinski definition) is 1. The topological polar surface area (TPSA) is 24.6 Å². The number of allylic oxidation sites excluding steroid dienone is 6. The first-order valence-corrected chi connectivity index (χ1v) is 25.4. The van der Waals surface area contributed by atoms with E-state index in [9.17, 15) is 0 Å². The summed E-state index contributed by atoms with van der Waals surface area (Å²) >= 11 is 0. The van der Waals surface area contributed by atoms with Gasteiger partial charge in [0.25, 0.3) is 0 Å². The van der Waals surface area contributed by atoms with Gasteiger partial charge in [0.2, 0.25) is 0 Å². The highest BCUT2D eigenvalue weighted by atomic mass is 15.2. The normalized spacial score (nSPS) is 18.2. The molecule has 4 heteroatoms. The third-order valence-electron chi connectivity index (χ3n) is 15.9. The monoisotopic (exact) mass is 913 g/mol. The van der Waals surface area contributed by atoms with Crippen LogP contribution in [0.25, 0.3) is 66.8 Å². The van der Waals surface area contributed by atoms with Crippen LogP contribution in [0.2, 0.25) is 0 Å². The third-order valence-corrected chi connectivity index (χ3v) is 15.9. The lowest BCUT2D eigenvalue weighted by Gasteiger charge is -2.43. The molecule has 1 N–H and O–H groups in total. The highest BCUT2D eigenvalue weighted by Crippen LogP contribution is 2.55. The lowest BCUT2D eigenvalue weighted by atomic mass is 9.79. The van der Waals surface area contributed by atoms with Crippen LogP contribution in [-0.4, -0.2) is 21.1 Å². The molecule has 70 heavy (non-hydrogen) atoms. The number of anilines is 2. The van der Waals surface area contributed by atoms with E-state index in [0.29, 0.717) is 0 Å². The molecule has 0 saturated heterocycles. The number of rotatable bonds is 8. The molecule has 3 unspecified atom stereocenters. The molecule has 3 atom stereocenters. The Bertz CT molecular complexity index is 3790. The first-order valence-electron chi connectivity index (χ1n) is 25.4. The van der Waals surface area contributed by atoms with Crippen molar-refractivity contribution in [3.63, 3.8) is 0 Å². The van der Waals surface area contributed by atoms with Crippen molar-refractivity contribution >= 4 is 72.5 Å². The van der Waals surface area contributed by atoms with Crippen molar-refractivity contribution in [3.05, 3.63) is 214 Å². The van der Waals surface area contributed by atoms with Gasteiger partial charge in [-0.15, -0.1) is 0 Å². The fraction of sp³-hybridized carbons (Fsp3) is 0.242. The quantitative estimate of drug-likeness (QED) is 0.154. The highest BCUT2D eigenvalue weighted by Gasteiger charge is 2.45. The Balaban J connectivity index is 1.05. The molecule has 0 saturated carbocycles. The number of benzene rings is 6. The highest BCUT2D eigenvalue weighted by molar-refractivity contribution is 6.28. The van der Waals surface area contributed by atoms with E-state index in [1.807, 2.05) is 0 Å². The average molecular weight is 913 g/mol. The Kier molecular flexibility index (Phi) is 10.1. The second-order valence-electron chi connectivity index (χ2n) is 22.4. The zero-order valence-electron chi connectivity index (χ0n) is 42.4. The number of hydrogen-bond acceptors (Lipinski definition) is 2. The summed E-state index contributed by atoms with van der Waals surface area (Å²) in [6, 6.07) is 41.9. The number of aromatic nitrogens is 2. The van der Waals surface area contributed by atoms with Gasteiger partial charge in [0.1, 0.15) is 0 Å². The first-order chi connectivity index (χ1) is 33.7. The van der Waals surface area contributed by atoms with Crippen molar-refractivity contribution in [1.29, 1.82) is 0 Å². The van der Waals surface area contributed by atoms with Gasteiger partial charge in [-0.25, -0.2) is 0 Å². The van der Waals surface area contributed by atoms with E-state index in [2.05, 4.69) is 259 Å². The minimum absolute atomic E-state index is 0.0657. The van der Waals surface area contributed by atoms with Crippen molar-refractivity contribution < 1.29 is 0 Å². The van der Waals surface area contributed by atoms with Gasteiger partial charge >= 0.3 is 0 Å². The van der Waals surface area contributed by atoms with Gasteiger partial charge in [-0.05, 0) is 115 Å². The molecule has 0 radical (unpaired) electrons. The second kappa shape index (κ2) is 16.1. The van der Waals surface area contributed by atoms with E-state index in [4.69, 9.17) is 0 Å². The average Bonchev–Trinajstić information content (AvgIpc) is 4.06. The van der Waals surface area contributed by atoms with Gasteiger partial charge in [0.05, 0.1) is 45.8 Å². The Labute approximate surface area is 413 Å². The number of nitrogens with zero attached hydrogens (tertiary/aromatic N) is 3. The molecule has 3 aromatic heterocycles. The van der Waals surface area contributed by atoms with Crippen LogP contribution in [0.15, 0.2) is 169 Å². The molecule has 4 heterocycles. The largest absolute Gasteiger partial charge is 0.361 e. The lowest BCUT2D eigenvalue weighted by molar-refractivity contribution is 0.564. The van der Waals surface area contributed by atoms with Crippen LogP contribution in [0.4, 0.5) is 11.4 Å². The van der Waals surface area contributed by atoms with Gasteiger partial charge in [-0.2, -0.15) is 0 Å². The van der Waals surface area contributed by atoms with Crippen LogP contribution in [0, 0.1) is 13.8 Å². The Morgan fingerprint density at radius 2 is 1.40 bits per heavy atom. The van der Waals surface area contributed by atoms with E-state index in [0.717, 1.165) is 12.1 Å². The summed E-state index contributed by atoms with van der Waals surface area (Å²) in [5.74, 6) is 0.143. The van der Waals surface area contributed by atoms with Crippen LogP contribution in [0.5, 0.6) is 0 Å². The van der Waals surface area contributed by atoms with Gasteiger partial charge in [0, 0.05) is 55.8 Å². The molecule has 1 aliphatic heterocycles. The summed E-state index contributed by atoms with van der Waals surface area (Å²) in [5, 5.41) is 10.2. The maximum atomic E-state index is 3.74. The molecule has 12 rings (SSSR count). The SMILES string of the molecule is CC1=CCC(N(c2ccccc2)C2C=Cc3c4n(c5cc6c7ccc(N/C=C/C=C\C=C/c8ccc(C)c(C)c8)c8c9cccc(C(C)(C)C)c9n(c6cc35)c78)-c3c(cccc3C(C)(C)C)C42)C=C1C. The molecular formula is C66H64N4. The van der Waals surface area contributed by atoms with Crippen LogP contribution >= 0.6 is 0 Å². The second-order valence-corrected chi connectivity index (χ2v) is 22.4. The molecule has 2 aliphatic carbocycles. The Morgan fingerprint density at radius 3 is 2.17 bits per heavy atom. The molecule has 0 spiro atoms. The summed E-state index contributed by atoms with van der Waals surface area (Å²) in [6.07, 6.45) is 23.6. The smallest absolute Gasteiger partial charge is 0.0641 e. The summed E-state index contributed by atoms with van der Waals surface area (Å²) in [5.41, 5.74) is 22.3. The van der Waals surface area contributed by atoms with Crippen molar-refractivity contribution in [2.45, 2.75) is 104 Å². The van der Waals surface area contributed by atoms with Crippen LogP contribution in [0.1, 0.15) is 112 Å². The Hall–Kier alpha value is -7.30. The molecule has 0 fully saturated rings. The maximum Gasteiger partial charge on any atom is 0.0641 e. The van der Waals surface area contributed by atoms with E-state index >= 15 is 0 Å². The van der Waals surface area contributed by atoms with Gasteiger partial charge in [0.15, 0.2) is 0 Å². The van der Waals surface area contributed by atoms with Gasteiger partial charge in [-0.3, -0.25) is 0 Å². The van der Waals surface area contributed by atoms with Crippen molar-refractivity contribution in [2.75, 3.05) is 10.2 Å². The minimum atomic E-state index is -0.0734. The Morgan fingerprint density at radius 1 is 0.643 bits per heavy atom. The van der Waals surface area contributed by atoms with E-state index in [1.54, 1.807) is 0 Å². The summed E-state index contributed by atoms with van der Waals surface area (Å²) in [4.78, 5) is 2.73. The lowest BCUT2D eigenvalue weighted by Crippen LogP contribution is -2.46. The maximum absolute atomic E-state index is 3.74. The summed E-state index contributed by atoms with van der Waals surface area (Å²) in [7, 11) is 0. The number of aryl methyl sites for hydroxylation is 2. The van der Waals surface area contributed by atoms with Crippen LogP contribution in [-0.2, 0) is 10.8 Å². The van der Waals surface area contributed by atoms with Crippen molar-refractivity contribution in [2.24, 2.45) is 0 Å². The standard InChI is InChI=1S/C66H64N4/c1-40-27-29-44(36-42(40)3)20-14-11-12-17-35-67-55-33-31-47-51-38-58-52(39-57(51)69-61-49(59(55)63(47)69)23-18-25-53(61)65(5,6)7)48-32-34-56(60-50-24-19-26-54(66(8,9)10)62(50)70(58)64(48)60)68(45-21-15-13-16-22-45)46-30-28-41(2)43(4)37-46/h11-29,31-39,46,56,60,67H,30H2,1-10H3/b12-11-,20-14-,35-17+. The molecule has 6 aromatic carbocycles.